The van der Waals surface area contributed by atoms with Crippen LogP contribution in [0, 0.1) is 5.92 Å². The van der Waals surface area contributed by atoms with Gasteiger partial charge in [0.2, 0.25) is 0 Å². The molecule has 0 bridgehead atoms. The lowest BCUT2D eigenvalue weighted by Gasteiger charge is -2.17. The van der Waals surface area contributed by atoms with Gasteiger partial charge in [-0.1, -0.05) is 43.3 Å². The summed E-state index contributed by atoms with van der Waals surface area (Å²) in [6.45, 7) is 7.47. The number of ether oxygens (including phenoxy) is 3. The van der Waals surface area contributed by atoms with Crippen molar-refractivity contribution in [2.75, 3.05) is 33.9 Å². The van der Waals surface area contributed by atoms with E-state index in [4.69, 9.17) is 14.2 Å². The molecule has 1 unspecified atom stereocenters. The van der Waals surface area contributed by atoms with Crippen LogP contribution in [0.15, 0.2) is 53.5 Å². The molecule has 166 valence electrons. The minimum atomic E-state index is 0. The Labute approximate surface area is 197 Å². The maximum atomic E-state index is 5.81. The molecule has 2 aromatic carbocycles. The summed E-state index contributed by atoms with van der Waals surface area (Å²) in [5.41, 5.74) is 2.28. The zero-order chi connectivity index (χ0) is 20.9. The molecule has 0 saturated heterocycles. The number of halogens is 1. The topological polar surface area (TPSA) is 64.1 Å². The molecule has 0 saturated carbocycles. The first-order chi connectivity index (χ1) is 14.2. The van der Waals surface area contributed by atoms with Crippen molar-refractivity contribution < 1.29 is 14.2 Å². The molecule has 2 rings (SSSR count). The molecular weight excluding hydrogens is 493 g/mol. The molecule has 7 heteroatoms. The maximum absolute atomic E-state index is 5.81. The van der Waals surface area contributed by atoms with E-state index < -0.39 is 0 Å². The highest BCUT2D eigenvalue weighted by molar-refractivity contribution is 14.0. The highest BCUT2D eigenvalue weighted by Gasteiger charge is 2.07. The summed E-state index contributed by atoms with van der Waals surface area (Å²) in [6.07, 6.45) is 0. The number of rotatable bonds is 11. The Morgan fingerprint density at radius 2 is 1.80 bits per heavy atom. The second-order valence-corrected chi connectivity index (χ2v) is 6.83. The van der Waals surface area contributed by atoms with Gasteiger partial charge in [-0.15, -0.1) is 24.0 Å². The summed E-state index contributed by atoms with van der Waals surface area (Å²) in [4.78, 5) is 4.29. The van der Waals surface area contributed by atoms with E-state index in [0.717, 1.165) is 29.6 Å². The van der Waals surface area contributed by atoms with E-state index in [2.05, 4.69) is 34.7 Å². The Balaban J connectivity index is 0.00000450. The summed E-state index contributed by atoms with van der Waals surface area (Å²) in [5.74, 6) is 2.61. The SMILES string of the molecule is CCOc1ccc(CNC(=NC)NCC(C)COCc2ccccc2)cc1OC.I. The van der Waals surface area contributed by atoms with Gasteiger partial charge in [0.1, 0.15) is 0 Å². The standard InChI is InChI=1S/C23H33N3O3.HI/c1-5-29-21-12-11-20(13-22(21)27-4)15-26-23(24-3)25-14-18(2)16-28-17-19-9-7-6-8-10-19;/h6-13,18H,5,14-17H2,1-4H3,(H2,24,25,26);1H. The fourth-order valence-corrected chi connectivity index (χ4v) is 2.79. The summed E-state index contributed by atoms with van der Waals surface area (Å²) < 4.78 is 16.8. The van der Waals surface area contributed by atoms with Gasteiger partial charge in [-0.3, -0.25) is 4.99 Å². The van der Waals surface area contributed by atoms with Crippen molar-refractivity contribution >= 4 is 29.9 Å². The van der Waals surface area contributed by atoms with Crippen molar-refractivity contribution in [2.45, 2.75) is 27.0 Å². The Bertz CT molecular complexity index is 757. The number of benzene rings is 2. The van der Waals surface area contributed by atoms with Crippen LogP contribution < -0.4 is 20.1 Å². The zero-order valence-electron chi connectivity index (χ0n) is 18.3. The molecule has 0 heterocycles. The van der Waals surface area contributed by atoms with Crippen LogP contribution in [0.2, 0.25) is 0 Å². The molecular formula is C23H34IN3O3. The number of aliphatic imine (C=N–C) groups is 1. The lowest BCUT2D eigenvalue weighted by atomic mass is 10.2. The lowest BCUT2D eigenvalue weighted by Crippen LogP contribution is -2.39. The quantitative estimate of drug-likeness (QED) is 0.260. The van der Waals surface area contributed by atoms with Gasteiger partial charge in [-0.05, 0) is 36.1 Å². The number of nitrogens with one attached hydrogen (secondary N) is 2. The van der Waals surface area contributed by atoms with Crippen LogP contribution >= 0.6 is 24.0 Å². The molecule has 30 heavy (non-hydrogen) atoms. The molecule has 2 N–H and O–H groups in total. The number of guanidine groups is 1. The van der Waals surface area contributed by atoms with Crippen LogP contribution in [0.1, 0.15) is 25.0 Å². The summed E-state index contributed by atoms with van der Waals surface area (Å²) in [5, 5.41) is 6.68. The van der Waals surface area contributed by atoms with Crippen LogP contribution in [0.5, 0.6) is 11.5 Å². The molecule has 0 aliphatic carbocycles. The van der Waals surface area contributed by atoms with Gasteiger partial charge in [-0.25, -0.2) is 0 Å². The van der Waals surface area contributed by atoms with Gasteiger partial charge in [0.25, 0.3) is 0 Å². The summed E-state index contributed by atoms with van der Waals surface area (Å²) in [6, 6.07) is 16.1. The van der Waals surface area contributed by atoms with Crippen LogP contribution in [-0.4, -0.2) is 39.9 Å². The molecule has 6 nitrogen and oxygen atoms in total. The van der Waals surface area contributed by atoms with Crippen LogP contribution in [0.25, 0.3) is 0 Å². The number of hydrogen-bond donors (Lipinski definition) is 2. The Kier molecular flexibility index (Phi) is 12.9. The number of hydrogen-bond acceptors (Lipinski definition) is 4. The molecule has 0 spiro atoms. The van der Waals surface area contributed by atoms with Crippen molar-refractivity contribution in [3.05, 3.63) is 59.7 Å². The molecule has 0 radical (unpaired) electrons. The number of methoxy groups -OCH3 is 1. The zero-order valence-corrected chi connectivity index (χ0v) is 20.6. The predicted octanol–water partition coefficient (Wildman–Crippen LogP) is 4.23. The molecule has 0 aliphatic rings. The predicted molar refractivity (Wildman–Crippen MR) is 133 cm³/mol. The molecule has 0 fully saturated rings. The van der Waals surface area contributed by atoms with Crippen molar-refractivity contribution in [2.24, 2.45) is 10.9 Å². The molecule has 0 aromatic heterocycles. The van der Waals surface area contributed by atoms with E-state index in [1.54, 1.807) is 14.2 Å². The van der Waals surface area contributed by atoms with Gasteiger partial charge >= 0.3 is 0 Å². The molecule has 0 aliphatic heterocycles. The van der Waals surface area contributed by atoms with Crippen LogP contribution in [0.4, 0.5) is 0 Å². The van der Waals surface area contributed by atoms with Crippen molar-refractivity contribution in [1.82, 2.24) is 10.6 Å². The van der Waals surface area contributed by atoms with Crippen molar-refractivity contribution in [3.8, 4) is 11.5 Å². The fourth-order valence-electron chi connectivity index (χ4n) is 2.79. The summed E-state index contributed by atoms with van der Waals surface area (Å²) >= 11 is 0. The van der Waals surface area contributed by atoms with E-state index >= 15 is 0 Å². The summed E-state index contributed by atoms with van der Waals surface area (Å²) in [7, 11) is 3.42. The van der Waals surface area contributed by atoms with E-state index in [0.29, 0.717) is 32.3 Å². The monoisotopic (exact) mass is 527 g/mol. The second-order valence-electron chi connectivity index (χ2n) is 6.83. The van der Waals surface area contributed by atoms with E-state index in [1.165, 1.54) is 5.56 Å². The Morgan fingerprint density at radius 3 is 2.47 bits per heavy atom. The van der Waals surface area contributed by atoms with Crippen LogP contribution in [-0.2, 0) is 17.9 Å². The third-order valence-electron chi connectivity index (χ3n) is 4.34. The van der Waals surface area contributed by atoms with Gasteiger partial charge in [0.05, 0.1) is 26.9 Å². The maximum Gasteiger partial charge on any atom is 0.191 e. The van der Waals surface area contributed by atoms with Gasteiger partial charge in [0.15, 0.2) is 17.5 Å². The largest absolute Gasteiger partial charge is 0.493 e. The normalized spacial score (nSPS) is 11.9. The highest BCUT2D eigenvalue weighted by Crippen LogP contribution is 2.27. The number of nitrogens with zero attached hydrogens (tertiary/aromatic N) is 1. The van der Waals surface area contributed by atoms with E-state index in [9.17, 15) is 0 Å². The smallest absolute Gasteiger partial charge is 0.191 e. The third kappa shape index (κ3) is 9.21. The first kappa shape index (κ1) is 26.0. The Morgan fingerprint density at radius 1 is 1.03 bits per heavy atom. The second kappa shape index (κ2) is 14.9. The van der Waals surface area contributed by atoms with Crippen molar-refractivity contribution in [3.63, 3.8) is 0 Å². The van der Waals surface area contributed by atoms with Crippen molar-refractivity contribution in [1.29, 1.82) is 0 Å². The average molecular weight is 527 g/mol. The van der Waals surface area contributed by atoms with Crippen LogP contribution in [0.3, 0.4) is 0 Å². The first-order valence-electron chi connectivity index (χ1n) is 10.0. The van der Waals surface area contributed by atoms with E-state index in [-0.39, 0.29) is 24.0 Å². The highest BCUT2D eigenvalue weighted by atomic mass is 127. The average Bonchev–Trinajstić information content (AvgIpc) is 2.75. The Hall–Kier alpha value is -2.00. The molecule has 0 amide bonds. The first-order valence-corrected chi connectivity index (χ1v) is 10.0. The molecule has 2 aromatic rings. The minimum absolute atomic E-state index is 0. The van der Waals surface area contributed by atoms with E-state index in [1.807, 2.05) is 43.3 Å². The molecule has 1 atom stereocenters. The lowest BCUT2D eigenvalue weighted by molar-refractivity contribution is 0.0931. The fraction of sp³-hybridized carbons (Fsp3) is 0.435. The van der Waals surface area contributed by atoms with Gasteiger partial charge in [0, 0.05) is 20.1 Å². The third-order valence-corrected chi connectivity index (χ3v) is 4.34. The van der Waals surface area contributed by atoms with Gasteiger partial charge in [-0.2, -0.15) is 0 Å². The van der Waals surface area contributed by atoms with Gasteiger partial charge < -0.3 is 24.8 Å². The minimum Gasteiger partial charge on any atom is -0.493 e.